The Morgan fingerprint density at radius 3 is 3.17 bits per heavy atom. The van der Waals surface area contributed by atoms with Crippen LogP contribution in [0.4, 0.5) is 0 Å². The summed E-state index contributed by atoms with van der Waals surface area (Å²) < 4.78 is 5.14. The van der Waals surface area contributed by atoms with Crippen molar-refractivity contribution in [2.45, 2.75) is 26.0 Å². The van der Waals surface area contributed by atoms with E-state index < -0.39 is 0 Å². The molecule has 1 aromatic heterocycles. The lowest BCUT2D eigenvalue weighted by Gasteiger charge is -2.16. The minimum atomic E-state index is -0.291. The van der Waals surface area contributed by atoms with Crippen LogP contribution < -0.4 is 5.32 Å². The topological polar surface area (TPSA) is 65.7 Å². The minimum Gasteiger partial charge on any atom is -0.467 e. The number of nitrogens with zero attached hydrogens (tertiary/aromatic N) is 1. The molecule has 1 aliphatic rings. The summed E-state index contributed by atoms with van der Waals surface area (Å²) in [5.41, 5.74) is 0. The second-order valence-corrected chi connectivity index (χ2v) is 4.88. The summed E-state index contributed by atoms with van der Waals surface area (Å²) >= 11 is 0. The Labute approximate surface area is 107 Å². The number of hydrogen-bond donors (Lipinski definition) is 2. The maximum atomic E-state index is 11.7. The first-order chi connectivity index (χ1) is 8.65. The van der Waals surface area contributed by atoms with Gasteiger partial charge in [-0.15, -0.1) is 0 Å². The molecule has 2 unspecified atom stereocenters. The number of carbonyl (C=O) groups is 1. The van der Waals surface area contributed by atoms with Gasteiger partial charge in [-0.25, -0.2) is 0 Å². The fourth-order valence-corrected chi connectivity index (χ4v) is 2.26. The van der Waals surface area contributed by atoms with E-state index in [-0.39, 0.29) is 12.0 Å². The van der Waals surface area contributed by atoms with Gasteiger partial charge in [0.25, 0.3) is 0 Å². The zero-order valence-corrected chi connectivity index (χ0v) is 10.6. The average molecular weight is 252 g/mol. The smallest absolute Gasteiger partial charge is 0.234 e. The van der Waals surface area contributed by atoms with Crippen LogP contribution in [0.2, 0.25) is 0 Å². The van der Waals surface area contributed by atoms with Crippen molar-refractivity contribution in [1.29, 1.82) is 0 Å². The van der Waals surface area contributed by atoms with E-state index in [1.807, 2.05) is 13.0 Å². The highest BCUT2D eigenvalue weighted by molar-refractivity contribution is 5.77. The SMILES string of the molecule is CC(O)C1CCN(CC(=O)NCc2ccco2)C1. The van der Waals surface area contributed by atoms with Crippen LogP contribution in [-0.2, 0) is 11.3 Å². The van der Waals surface area contributed by atoms with Crippen molar-refractivity contribution in [1.82, 2.24) is 10.2 Å². The fraction of sp³-hybridized carbons (Fsp3) is 0.615. The molecule has 0 aliphatic carbocycles. The second kappa shape index (κ2) is 6.02. The molecule has 1 aromatic rings. The normalized spacial score (nSPS) is 22.0. The third-order valence-electron chi connectivity index (χ3n) is 3.40. The molecule has 1 amide bonds. The van der Waals surface area contributed by atoms with Gasteiger partial charge in [-0.05, 0) is 37.9 Å². The summed E-state index contributed by atoms with van der Waals surface area (Å²) in [5.74, 6) is 1.05. The van der Waals surface area contributed by atoms with E-state index in [1.54, 1.807) is 12.3 Å². The van der Waals surface area contributed by atoms with Crippen LogP contribution in [0, 0.1) is 5.92 Å². The van der Waals surface area contributed by atoms with Crippen LogP contribution in [-0.4, -0.2) is 41.7 Å². The molecule has 2 atom stereocenters. The summed E-state index contributed by atoms with van der Waals surface area (Å²) in [6.45, 7) is 4.31. The first-order valence-electron chi connectivity index (χ1n) is 6.34. The number of rotatable bonds is 5. The van der Waals surface area contributed by atoms with Crippen LogP contribution >= 0.6 is 0 Å². The highest BCUT2D eigenvalue weighted by atomic mass is 16.3. The Morgan fingerprint density at radius 2 is 2.56 bits per heavy atom. The van der Waals surface area contributed by atoms with Gasteiger partial charge in [0.2, 0.25) is 5.91 Å². The van der Waals surface area contributed by atoms with Crippen molar-refractivity contribution in [3.05, 3.63) is 24.2 Å². The molecule has 100 valence electrons. The first-order valence-corrected chi connectivity index (χ1v) is 6.34. The summed E-state index contributed by atoms with van der Waals surface area (Å²) in [6, 6.07) is 3.63. The largest absolute Gasteiger partial charge is 0.467 e. The van der Waals surface area contributed by atoms with Crippen molar-refractivity contribution in [3.63, 3.8) is 0 Å². The number of carbonyl (C=O) groups excluding carboxylic acids is 1. The molecule has 5 heteroatoms. The van der Waals surface area contributed by atoms with Gasteiger partial charge in [0.05, 0.1) is 25.5 Å². The first kappa shape index (κ1) is 13.1. The van der Waals surface area contributed by atoms with Crippen LogP contribution in [0.15, 0.2) is 22.8 Å². The molecule has 1 fully saturated rings. The third kappa shape index (κ3) is 3.58. The van der Waals surface area contributed by atoms with Gasteiger partial charge in [0.15, 0.2) is 0 Å². The molecule has 0 bridgehead atoms. The van der Waals surface area contributed by atoms with Crippen LogP contribution in [0.1, 0.15) is 19.1 Å². The molecule has 5 nitrogen and oxygen atoms in total. The zero-order chi connectivity index (χ0) is 13.0. The molecule has 0 aromatic carbocycles. The second-order valence-electron chi connectivity index (χ2n) is 4.88. The number of aliphatic hydroxyl groups excluding tert-OH is 1. The van der Waals surface area contributed by atoms with Crippen molar-refractivity contribution in [2.24, 2.45) is 5.92 Å². The monoisotopic (exact) mass is 252 g/mol. The number of hydrogen-bond acceptors (Lipinski definition) is 4. The van der Waals surface area contributed by atoms with E-state index in [0.717, 1.165) is 25.3 Å². The Hall–Kier alpha value is -1.33. The summed E-state index contributed by atoms with van der Waals surface area (Å²) in [4.78, 5) is 13.8. The molecule has 0 saturated carbocycles. The number of amides is 1. The van der Waals surface area contributed by atoms with Crippen LogP contribution in [0.3, 0.4) is 0 Å². The van der Waals surface area contributed by atoms with Crippen molar-refractivity contribution < 1.29 is 14.3 Å². The third-order valence-corrected chi connectivity index (χ3v) is 3.40. The maximum absolute atomic E-state index is 11.7. The van der Waals surface area contributed by atoms with E-state index in [9.17, 15) is 9.90 Å². The van der Waals surface area contributed by atoms with E-state index in [2.05, 4.69) is 10.2 Å². The Balaban J connectivity index is 1.69. The van der Waals surface area contributed by atoms with E-state index in [1.165, 1.54) is 0 Å². The van der Waals surface area contributed by atoms with Crippen molar-refractivity contribution >= 4 is 5.91 Å². The number of likely N-dealkylation sites (tertiary alicyclic amines) is 1. The lowest BCUT2D eigenvalue weighted by atomic mass is 10.0. The van der Waals surface area contributed by atoms with Gasteiger partial charge in [-0.1, -0.05) is 0 Å². The molecule has 1 saturated heterocycles. The van der Waals surface area contributed by atoms with E-state index in [4.69, 9.17) is 4.42 Å². The molecular formula is C13H20N2O3. The molecule has 2 rings (SSSR count). The maximum Gasteiger partial charge on any atom is 0.234 e. The van der Waals surface area contributed by atoms with Crippen molar-refractivity contribution in [3.8, 4) is 0 Å². The van der Waals surface area contributed by atoms with Crippen LogP contribution in [0.5, 0.6) is 0 Å². The van der Waals surface area contributed by atoms with Crippen molar-refractivity contribution in [2.75, 3.05) is 19.6 Å². The fourth-order valence-electron chi connectivity index (χ4n) is 2.26. The highest BCUT2D eigenvalue weighted by Gasteiger charge is 2.26. The van der Waals surface area contributed by atoms with Gasteiger partial charge >= 0.3 is 0 Å². The quantitative estimate of drug-likeness (QED) is 0.805. The molecule has 2 N–H and O–H groups in total. The lowest BCUT2D eigenvalue weighted by Crippen LogP contribution is -2.36. The minimum absolute atomic E-state index is 0.00218. The summed E-state index contributed by atoms with van der Waals surface area (Å²) in [7, 11) is 0. The van der Waals surface area contributed by atoms with Crippen LogP contribution in [0.25, 0.3) is 0 Å². The van der Waals surface area contributed by atoms with Gasteiger partial charge in [-0.2, -0.15) is 0 Å². The lowest BCUT2D eigenvalue weighted by molar-refractivity contribution is -0.122. The van der Waals surface area contributed by atoms with E-state index >= 15 is 0 Å². The molecule has 1 aliphatic heterocycles. The Bertz CT molecular complexity index is 376. The zero-order valence-electron chi connectivity index (χ0n) is 10.6. The van der Waals surface area contributed by atoms with Gasteiger partial charge < -0.3 is 14.8 Å². The molecule has 18 heavy (non-hydrogen) atoms. The Kier molecular flexibility index (Phi) is 4.38. The molecule has 0 spiro atoms. The Morgan fingerprint density at radius 1 is 1.72 bits per heavy atom. The van der Waals surface area contributed by atoms with Gasteiger partial charge in [0.1, 0.15) is 5.76 Å². The highest BCUT2D eigenvalue weighted by Crippen LogP contribution is 2.18. The molecule has 2 heterocycles. The average Bonchev–Trinajstić information content (AvgIpc) is 2.96. The van der Waals surface area contributed by atoms with Gasteiger partial charge in [0, 0.05) is 6.54 Å². The standard InChI is InChI=1S/C13H20N2O3/c1-10(16)11-4-5-15(8-11)9-13(17)14-7-12-3-2-6-18-12/h2-3,6,10-11,16H,4-5,7-9H2,1H3,(H,14,17). The van der Waals surface area contributed by atoms with Gasteiger partial charge in [-0.3, -0.25) is 9.69 Å². The predicted molar refractivity (Wildman–Crippen MR) is 66.8 cm³/mol. The summed E-state index contributed by atoms with van der Waals surface area (Å²) in [6.07, 6.45) is 2.26. The number of nitrogens with one attached hydrogen (secondary N) is 1. The predicted octanol–water partition coefficient (Wildman–Crippen LogP) is 0.598. The molecule has 0 radical (unpaired) electrons. The molecular weight excluding hydrogens is 232 g/mol. The number of furan rings is 1. The number of aliphatic hydroxyl groups is 1. The van der Waals surface area contributed by atoms with E-state index in [0.29, 0.717) is 19.0 Å². The summed E-state index contributed by atoms with van der Waals surface area (Å²) in [5, 5.41) is 12.3.